The molecule has 0 amide bonds. The van der Waals surface area contributed by atoms with Crippen molar-refractivity contribution in [1.29, 1.82) is 0 Å². The van der Waals surface area contributed by atoms with Crippen molar-refractivity contribution in [3.8, 4) is 0 Å². The van der Waals surface area contributed by atoms with Gasteiger partial charge in [-0.2, -0.15) is 0 Å². The molecule has 98 valence electrons. The molecule has 0 bridgehead atoms. The van der Waals surface area contributed by atoms with E-state index in [9.17, 15) is 4.79 Å². The molecule has 0 spiro atoms. The van der Waals surface area contributed by atoms with Gasteiger partial charge < -0.3 is 10.4 Å². The van der Waals surface area contributed by atoms with Crippen LogP contribution in [-0.4, -0.2) is 16.1 Å². The minimum Gasteiger partial charge on any atom is -0.478 e. The highest BCUT2D eigenvalue weighted by atomic mass is 16.4. The molecule has 1 atom stereocenters. The van der Waals surface area contributed by atoms with Crippen molar-refractivity contribution >= 4 is 11.7 Å². The molecule has 4 heteroatoms. The number of benzene rings is 1. The lowest BCUT2D eigenvalue weighted by Crippen LogP contribution is -2.11. The van der Waals surface area contributed by atoms with Gasteiger partial charge in [0.15, 0.2) is 0 Å². The van der Waals surface area contributed by atoms with Gasteiger partial charge in [0, 0.05) is 18.4 Å². The van der Waals surface area contributed by atoms with E-state index in [0.717, 1.165) is 5.56 Å². The van der Waals surface area contributed by atoms with Crippen LogP contribution in [0.5, 0.6) is 0 Å². The second-order valence-corrected chi connectivity index (χ2v) is 4.45. The Balaban J connectivity index is 2.27. The van der Waals surface area contributed by atoms with Crippen LogP contribution in [0.2, 0.25) is 0 Å². The number of rotatable bonds is 4. The predicted octanol–water partition coefficient (Wildman–Crippen LogP) is 3.26. The summed E-state index contributed by atoms with van der Waals surface area (Å²) in [5.41, 5.74) is 3.09. The van der Waals surface area contributed by atoms with Crippen LogP contribution in [0.25, 0.3) is 0 Å². The highest BCUT2D eigenvalue weighted by Crippen LogP contribution is 2.23. The van der Waals surface area contributed by atoms with Crippen LogP contribution in [0, 0.1) is 6.92 Å². The van der Waals surface area contributed by atoms with Crippen LogP contribution in [0.3, 0.4) is 0 Å². The van der Waals surface area contributed by atoms with E-state index in [2.05, 4.69) is 10.3 Å². The van der Waals surface area contributed by atoms with Crippen molar-refractivity contribution in [1.82, 2.24) is 4.98 Å². The summed E-state index contributed by atoms with van der Waals surface area (Å²) in [5, 5.41) is 12.4. The first kappa shape index (κ1) is 13.1. The number of nitrogens with one attached hydrogen (secondary N) is 1. The van der Waals surface area contributed by atoms with Crippen molar-refractivity contribution in [2.45, 2.75) is 19.9 Å². The number of anilines is 1. The number of aromatic carboxylic acids is 1. The molecule has 0 aliphatic heterocycles. The lowest BCUT2D eigenvalue weighted by molar-refractivity contribution is 0.0697. The number of nitrogens with zero attached hydrogens (tertiary/aromatic N) is 1. The normalized spacial score (nSPS) is 11.9. The van der Waals surface area contributed by atoms with E-state index in [1.807, 2.05) is 38.1 Å². The maximum absolute atomic E-state index is 11.1. The summed E-state index contributed by atoms with van der Waals surface area (Å²) in [6.07, 6.45) is 2.94. The zero-order valence-electron chi connectivity index (χ0n) is 10.9. The molecule has 2 rings (SSSR count). The Labute approximate surface area is 112 Å². The van der Waals surface area contributed by atoms with Crippen molar-refractivity contribution in [2.75, 3.05) is 5.32 Å². The number of carboxylic acid groups (broad SMARTS) is 1. The quantitative estimate of drug-likeness (QED) is 0.881. The first-order chi connectivity index (χ1) is 9.09. The van der Waals surface area contributed by atoms with Crippen molar-refractivity contribution < 1.29 is 9.90 Å². The molecular weight excluding hydrogens is 240 g/mol. The van der Waals surface area contributed by atoms with Crippen molar-refractivity contribution in [3.63, 3.8) is 0 Å². The van der Waals surface area contributed by atoms with Gasteiger partial charge in [0.1, 0.15) is 5.56 Å². The molecular formula is C15H16N2O2. The zero-order valence-corrected chi connectivity index (χ0v) is 10.9. The summed E-state index contributed by atoms with van der Waals surface area (Å²) in [6.45, 7) is 4.05. The molecule has 1 aromatic heterocycles. The summed E-state index contributed by atoms with van der Waals surface area (Å²) in [6, 6.07) is 9.75. The Morgan fingerprint density at radius 1 is 1.32 bits per heavy atom. The van der Waals surface area contributed by atoms with Crippen LogP contribution < -0.4 is 5.32 Å². The lowest BCUT2D eigenvalue weighted by Gasteiger charge is -2.18. The number of carbonyl (C=O) groups is 1. The highest BCUT2D eigenvalue weighted by Gasteiger charge is 2.13. The summed E-state index contributed by atoms with van der Waals surface area (Å²) in [7, 11) is 0. The molecule has 2 aromatic rings. The van der Waals surface area contributed by atoms with Gasteiger partial charge in [-0.3, -0.25) is 4.98 Å². The highest BCUT2D eigenvalue weighted by molar-refractivity contribution is 5.93. The number of hydrogen-bond donors (Lipinski definition) is 2. The van der Waals surface area contributed by atoms with Gasteiger partial charge in [0.05, 0.1) is 5.69 Å². The van der Waals surface area contributed by atoms with E-state index in [1.165, 1.54) is 11.8 Å². The number of aromatic nitrogens is 1. The molecule has 1 aromatic carbocycles. The Morgan fingerprint density at radius 2 is 2.05 bits per heavy atom. The van der Waals surface area contributed by atoms with E-state index in [1.54, 1.807) is 12.3 Å². The van der Waals surface area contributed by atoms with Crippen molar-refractivity contribution in [2.24, 2.45) is 0 Å². The minimum absolute atomic E-state index is 0.0294. The Kier molecular flexibility index (Phi) is 3.80. The molecule has 0 radical (unpaired) electrons. The SMILES string of the molecule is Cc1ccccc1C(C)Nc1ccncc1C(=O)O. The predicted molar refractivity (Wildman–Crippen MR) is 74.4 cm³/mol. The van der Waals surface area contributed by atoms with Gasteiger partial charge in [-0.05, 0) is 31.0 Å². The van der Waals surface area contributed by atoms with E-state index < -0.39 is 5.97 Å². The van der Waals surface area contributed by atoms with Gasteiger partial charge >= 0.3 is 5.97 Å². The molecule has 1 unspecified atom stereocenters. The molecule has 19 heavy (non-hydrogen) atoms. The molecule has 4 nitrogen and oxygen atoms in total. The monoisotopic (exact) mass is 256 g/mol. The van der Waals surface area contributed by atoms with Gasteiger partial charge in [-0.1, -0.05) is 24.3 Å². The number of carboxylic acids is 1. The van der Waals surface area contributed by atoms with E-state index in [0.29, 0.717) is 5.69 Å². The fourth-order valence-corrected chi connectivity index (χ4v) is 2.07. The first-order valence-electron chi connectivity index (χ1n) is 6.09. The first-order valence-corrected chi connectivity index (χ1v) is 6.09. The fourth-order valence-electron chi connectivity index (χ4n) is 2.07. The maximum atomic E-state index is 11.1. The van der Waals surface area contributed by atoms with Gasteiger partial charge in [-0.25, -0.2) is 4.79 Å². The third kappa shape index (κ3) is 2.91. The van der Waals surface area contributed by atoms with Crippen LogP contribution in [0.15, 0.2) is 42.7 Å². The van der Waals surface area contributed by atoms with Crippen LogP contribution in [-0.2, 0) is 0 Å². The smallest absolute Gasteiger partial charge is 0.339 e. The Morgan fingerprint density at radius 3 is 2.74 bits per heavy atom. The largest absolute Gasteiger partial charge is 0.478 e. The summed E-state index contributed by atoms with van der Waals surface area (Å²) in [5.74, 6) is -0.979. The second-order valence-electron chi connectivity index (χ2n) is 4.45. The van der Waals surface area contributed by atoms with E-state index in [-0.39, 0.29) is 11.6 Å². The molecule has 0 fully saturated rings. The average Bonchev–Trinajstić information content (AvgIpc) is 2.39. The van der Waals surface area contributed by atoms with Gasteiger partial charge in [0.2, 0.25) is 0 Å². The minimum atomic E-state index is -0.979. The molecule has 0 saturated heterocycles. The number of pyridine rings is 1. The molecule has 0 saturated carbocycles. The molecule has 0 aliphatic carbocycles. The van der Waals surface area contributed by atoms with Gasteiger partial charge in [-0.15, -0.1) is 0 Å². The summed E-state index contributed by atoms with van der Waals surface area (Å²) in [4.78, 5) is 15.0. The lowest BCUT2D eigenvalue weighted by atomic mass is 10.0. The topological polar surface area (TPSA) is 62.2 Å². The van der Waals surface area contributed by atoms with E-state index in [4.69, 9.17) is 5.11 Å². The standard InChI is InChI=1S/C15H16N2O2/c1-10-5-3-4-6-12(10)11(2)17-14-7-8-16-9-13(14)15(18)19/h3-9,11H,1-2H3,(H,16,17)(H,18,19). The Hall–Kier alpha value is -2.36. The van der Waals surface area contributed by atoms with E-state index >= 15 is 0 Å². The molecule has 1 heterocycles. The summed E-state index contributed by atoms with van der Waals surface area (Å²) >= 11 is 0. The Bertz CT molecular complexity index is 596. The zero-order chi connectivity index (χ0) is 13.8. The number of hydrogen-bond acceptors (Lipinski definition) is 3. The van der Waals surface area contributed by atoms with Crippen LogP contribution in [0.1, 0.15) is 34.5 Å². The molecule has 0 aliphatic rings. The maximum Gasteiger partial charge on any atom is 0.339 e. The van der Waals surface area contributed by atoms with Crippen LogP contribution in [0.4, 0.5) is 5.69 Å². The van der Waals surface area contributed by atoms with Gasteiger partial charge in [0.25, 0.3) is 0 Å². The average molecular weight is 256 g/mol. The van der Waals surface area contributed by atoms with Crippen LogP contribution >= 0.6 is 0 Å². The molecule has 2 N–H and O–H groups in total. The second kappa shape index (κ2) is 5.52. The fraction of sp³-hybridized carbons (Fsp3) is 0.200. The third-order valence-electron chi connectivity index (χ3n) is 3.08. The van der Waals surface area contributed by atoms with Crippen molar-refractivity contribution in [3.05, 3.63) is 59.4 Å². The summed E-state index contributed by atoms with van der Waals surface area (Å²) < 4.78 is 0. The number of aryl methyl sites for hydroxylation is 1. The third-order valence-corrected chi connectivity index (χ3v) is 3.08.